The van der Waals surface area contributed by atoms with Crippen LogP contribution in [0, 0.1) is 13.8 Å². The molecule has 1 aromatic heterocycles. The molecule has 0 aliphatic carbocycles. The number of methoxy groups -OCH3 is 1. The first-order valence-corrected chi connectivity index (χ1v) is 6.90. The number of nitrogens with zero attached hydrogens (tertiary/aromatic N) is 2. The van der Waals surface area contributed by atoms with Crippen LogP contribution in [0.4, 0.5) is 0 Å². The Morgan fingerprint density at radius 3 is 2.76 bits per heavy atom. The summed E-state index contributed by atoms with van der Waals surface area (Å²) in [5, 5.41) is 7.26. The van der Waals surface area contributed by atoms with E-state index in [4.69, 9.17) is 4.74 Å². The van der Waals surface area contributed by atoms with Crippen LogP contribution in [0.5, 0.6) is 5.75 Å². The van der Waals surface area contributed by atoms with Gasteiger partial charge in [0.2, 0.25) is 5.91 Å². The zero-order valence-corrected chi connectivity index (χ0v) is 12.9. The number of hydrogen-bond donors (Lipinski definition) is 1. The number of carbonyl (C=O) groups excluding carboxylic acids is 1. The van der Waals surface area contributed by atoms with Gasteiger partial charge in [-0.3, -0.25) is 9.48 Å². The lowest BCUT2D eigenvalue weighted by Crippen LogP contribution is -2.25. The minimum absolute atomic E-state index is 0.00276. The SMILES string of the molecule is COc1cccc(CNC(=O)Cc2c(C)nn(C)c2C)c1. The van der Waals surface area contributed by atoms with E-state index in [9.17, 15) is 4.79 Å². The number of benzene rings is 1. The molecule has 0 aliphatic rings. The van der Waals surface area contributed by atoms with Gasteiger partial charge in [0.25, 0.3) is 0 Å². The first kappa shape index (κ1) is 15.1. The Kier molecular flexibility index (Phi) is 4.62. The van der Waals surface area contributed by atoms with Crippen LogP contribution in [0.1, 0.15) is 22.5 Å². The van der Waals surface area contributed by atoms with E-state index >= 15 is 0 Å². The summed E-state index contributed by atoms with van der Waals surface area (Å²) in [4.78, 5) is 12.1. The van der Waals surface area contributed by atoms with Crippen LogP contribution in [-0.2, 0) is 24.8 Å². The van der Waals surface area contributed by atoms with Crippen LogP contribution < -0.4 is 10.1 Å². The van der Waals surface area contributed by atoms with Gasteiger partial charge in [-0.15, -0.1) is 0 Å². The summed E-state index contributed by atoms with van der Waals surface area (Å²) >= 11 is 0. The molecule has 21 heavy (non-hydrogen) atoms. The second-order valence-electron chi connectivity index (χ2n) is 5.08. The number of rotatable bonds is 5. The average Bonchev–Trinajstić information content (AvgIpc) is 2.72. The summed E-state index contributed by atoms with van der Waals surface area (Å²) in [7, 11) is 3.52. The topological polar surface area (TPSA) is 56.1 Å². The van der Waals surface area contributed by atoms with Crippen molar-refractivity contribution < 1.29 is 9.53 Å². The molecule has 0 fully saturated rings. The van der Waals surface area contributed by atoms with Crippen LogP contribution in [-0.4, -0.2) is 22.8 Å². The van der Waals surface area contributed by atoms with Gasteiger partial charge < -0.3 is 10.1 Å². The largest absolute Gasteiger partial charge is 0.497 e. The Bertz CT molecular complexity index is 647. The van der Waals surface area contributed by atoms with Crippen molar-refractivity contribution in [1.82, 2.24) is 15.1 Å². The van der Waals surface area contributed by atoms with Crippen molar-refractivity contribution in [2.45, 2.75) is 26.8 Å². The number of carbonyl (C=O) groups is 1. The number of ether oxygens (including phenoxy) is 1. The second kappa shape index (κ2) is 6.43. The van der Waals surface area contributed by atoms with E-state index in [0.29, 0.717) is 13.0 Å². The number of aromatic nitrogens is 2. The smallest absolute Gasteiger partial charge is 0.224 e. The summed E-state index contributed by atoms with van der Waals surface area (Å²) in [5.41, 5.74) is 3.96. The molecule has 5 nitrogen and oxygen atoms in total. The van der Waals surface area contributed by atoms with Crippen molar-refractivity contribution in [3.8, 4) is 5.75 Å². The monoisotopic (exact) mass is 287 g/mol. The molecule has 5 heteroatoms. The van der Waals surface area contributed by atoms with Crippen LogP contribution in [0.2, 0.25) is 0 Å². The third kappa shape index (κ3) is 3.62. The molecule has 0 aliphatic heterocycles. The second-order valence-corrected chi connectivity index (χ2v) is 5.08. The molecule has 0 atom stereocenters. The van der Waals surface area contributed by atoms with E-state index in [1.807, 2.05) is 45.2 Å². The van der Waals surface area contributed by atoms with E-state index in [2.05, 4.69) is 10.4 Å². The standard InChI is InChI=1S/C16H21N3O2/c1-11-15(12(2)19(3)18-11)9-16(20)17-10-13-6-5-7-14(8-13)21-4/h5-8H,9-10H2,1-4H3,(H,17,20). The predicted molar refractivity (Wildman–Crippen MR) is 81.2 cm³/mol. The van der Waals surface area contributed by atoms with Gasteiger partial charge in [0.1, 0.15) is 5.75 Å². The third-order valence-electron chi connectivity index (χ3n) is 3.62. The van der Waals surface area contributed by atoms with Gasteiger partial charge in [-0.1, -0.05) is 12.1 Å². The van der Waals surface area contributed by atoms with Crippen molar-refractivity contribution in [2.75, 3.05) is 7.11 Å². The van der Waals surface area contributed by atoms with Gasteiger partial charge in [0.15, 0.2) is 0 Å². The fraction of sp³-hybridized carbons (Fsp3) is 0.375. The highest BCUT2D eigenvalue weighted by Gasteiger charge is 2.13. The molecular weight excluding hydrogens is 266 g/mol. The number of hydrogen-bond acceptors (Lipinski definition) is 3. The summed E-state index contributed by atoms with van der Waals surface area (Å²) in [6, 6.07) is 7.67. The summed E-state index contributed by atoms with van der Waals surface area (Å²) < 4.78 is 6.97. The maximum atomic E-state index is 12.1. The van der Waals surface area contributed by atoms with Crippen molar-refractivity contribution in [2.24, 2.45) is 7.05 Å². The van der Waals surface area contributed by atoms with Gasteiger partial charge in [0, 0.05) is 24.8 Å². The van der Waals surface area contributed by atoms with Crippen LogP contribution in [0.25, 0.3) is 0 Å². The van der Waals surface area contributed by atoms with Crippen LogP contribution in [0.3, 0.4) is 0 Å². The lowest BCUT2D eigenvalue weighted by atomic mass is 10.1. The molecule has 0 spiro atoms. The minimum atomic E-state index is -0.00276. The van der Waals surface area contributed by atoms with Crippen molar-refractivity contribution in [3.05, 3.63) is 46.8 Å². The molecular formula is C16H21N3O2. The molecule has 2 aromatic rings. The molecule has 0 saturated heterocycles. The van der Waals surface area contributed by atoms with Gasteiger partial charge in [-0.05, 0) is 31.5 Å². The predicted octanol–water partition coefficient (Wildman–Crippen LogP) is 1.90. The lowest BCUT2D eigenvalue weighted by molar-refractivity contribution is -0.120. The van der Waals surface area contributed by atoms with Gasteiger partial charge in [-0.2, -0.15) is 5.10 Å². The zero-order chi connectivity index (χ0) is 15.4. The van der Waals surface area contributed by atoms with Crippen molar-refractivity contribution in [1.29, 1.82) is 0 Å². The Morgan fingerprint density at radius 1 is 1.38 bits per heavy atom. The third-order valence-corrected chi connectivity index (χ3v) is 3.62. The number of aryl methyl sites for hydroxylation is 2. The molecule has 2 rings (SSSR count). The van der Waals surface area contributed by atoms with E-state index in [1.54, 1.807) is 11.8 Å². The molecule has 112 valence electrons. The van der Waals surface area contributed by atoms with Gasteiger partial charge in [-0.25, -0.2) is 0 Å². The van der Waals surface area contributed by atoms with Crippen LogP contribution >= 0.6 is 0 Å². The molecule has 0 unspecified atom stereocenters. The first-order valence-electron chi connectivity index (χ1n) is 6.90. The van der Waals surface area contributed by atoms with Crippen molar-refractivity contribution in [3.63, 3.8) is 0 Å². The molecule has 1 N–H and O–H groups in total. The molecule has 0 saturated carbocycles. The van der Waals surface area contributed by atoms with Crippen molar-refractivity contribution >= 4 is 5.91 Å². The quantitative estimate of drug-likeness (QED) is 0.914. The number of amides is 1. The van der Waals surface area contributed by atoms with Gasteiger partial charge >= 0.3 is 0 Å². The Balaban J connectivity index is 1.96. The summed E-state index contributed by atoms with van der Waals surface area (Å²) in [6.45, 7) is 4.40. The van der Waals surface area contributed by atoms with Gasteiger partial charge in [0.05, 0.1) is 19.2 Å². The summed E-state index contributed by atoms with van der Waals surface area (Å²) in [6.07, 6.45) is 0.357. The van der Waals surface area contributed by atoms with E-state index < -0.39 is 0 Å². The average molecular weight is 287 g/mol. The molecule has 0 radical (unpaired) electrons. The van der Waals surface area contributed by atoms with Crippen LogP contribution in [0.15, 0.2) is 24.3 Å². The van der Waals surface area contributed by atoms with E-state index in [0.717, 1.165) is 28.3 Å². The highest BCUT2D eigenvalue weighted by molar-refractivity contribution is 5.79. The van der Waals surface area contributed by atoms with E-state index in [-0.39, 0.29) is 5.91 Å². The minimum Gasteiger partial charge on any atom is -0.497 e. The maximum absolute atomic E-state index is 12.1. The normalized spacial score (nSPS) is 10.5. The Hall–Kier alpha value is -2.30. The highest BCUT2D eigenvalue weighted by atomic mass is 16.5. The molecule has 1 amide bonds. The lowest BCUT2D eigenvalue weighted by Gasteiger charge is -2.07. The molecule has 1 heterocycles. The zero-order valence-electron chi connectivity index (χ0n) is 12.9. The molecule has 1 aromatic carbocycles. The fourth-order valence-electron chi connectivity index (χ4n) is 2.28. The highest BCUT2D eigenvalue weighted by Crippen LogP contribution is 2.14. The molecule has 0 bridgehead atoms. The Morgan fingerprint density at radius 2 is 2.14 bits per heavy atom. The van der Waals surface area contributed by atoms with E-state index in [1.165, 1.54) is 0 Å². The Labute approximate surface area is 124 Å². The fourth-order valence-corrected chi connectivity index (χ4v) is 2.28. The first-order chi connectivity index (χ1) is 10.0. The summed E-state index contributed by atoms with van der Waals surface area (Å²) in [5.74, 6) is 0.790. The maximum Gasteiger partial charge on any atom is 0.224 e. The number of nitrogens with one attached hydrogen (secondary N) is 1.